The van der Waals surface area contributed by atoms with Crippen molar-refractivity contribution in [1.29, 1.82) is 0 Å². The molecule has 1 unspecified atom stereocenters. The number of carbonyl (C=O) groups is 2. The molecule has 1 aliphatic carbocycles. The number of fused-ring (bicyclic) bond motifs is 1. The maximum Gasteiger partial charge on any atom is 0.337 e. The van der Waals surface area contributed by atoms with E-state index in [-0.39, 0.29) is 17.9 Å². The van der Waals surface area contributed by atoms with Crippen molar-refractivity contribution in [2.24, 2.45) is 11.8 Å². The molecule has 29 heavy (non-hydrogen) atoms. The molecule has 1 N–H and O–H groups in total. The van der Waals surface area contributed by atoms with Crippen molar-refractivity contribution in [2.45, 2.75) is 58.4 Å². The highest BCUT2D eigenvalue weighted by Crippen LogP contribution is 2.47. The number of H-pyrrole nitrogens is 1. The second kappa shape index (κ2) is 8.01. The number of ether oxygens (including phenoxy) is 1. The lowest BCUT2D eigenvalue weighted by atomic mass is 9.80. The lowest BCUT2D eigenvalue weighted by molar-refractivity contribution is 0.0600. The molecule has 1 aliphatic heterocycles. The Kier molecular flexibility index (Phi) is 5.43. The van der Waals surface area contributed by atoms with Crippen molar-refractivity contribution in [1.82, 2.24) is 10.2 Å². The van der Waals surface area contributed by atoms with E-state index in [0.29, 0.717) is 23.1 Å². The Labute approximate surface area is 171 Å². The van der Waals surface area contributed by atoms with Crippen LogP contribution in [-0.2, 0) is 11.2 Å². The number of carbonyl (C=O) groups excluding carboxylic acids is 2. The third kappa shape index (κ3) is 3.56. The molecule has 1 aromatic carbocycles. The molecule has 0 radical (unpaired) electrons. The van der Waals surface area contributed by atoms with Gasteiger partial charge >= 0.3 is 5.97 Å². The van der Waals surface area contributed by atoms with Crippen LogP contribution in [0.2, 0.25) is 0 Å². The minimum atomic E-state index is -0.373. The lowest BCUT2D eigenvalue weighted by Crippen LogP contribution is -2.34. The molecule has 1 saturated carbocycles. The fourth-order valence-electron chi connectivity index (χ4n) is 4.84. The monoisotopic (exact) mass is 395 g/mol. The Bertz CT molecular complexity index is 895. The molecule has 4 rings (SSSR count). The molecule has 0 spiro atoms. The zero-order valence-corrected chi connectivity index (χ0v) is 17.4. The van der Waals surface area contributed by atoms with Gasteiger partial charge in [0.1, 0.15) is 5.69 Å². The third-order valence-corrected chi connectivity index (χ3v) is 6.15. The molecule has 1 fully saturated rings. The van der Waals surface area contributed by atoms with E-state index in [9.17, 15) is 9.59 Å². The van der Waals surface area contributed by atoms with Gasteiger partial charge in [-0.25, -0.2) is 4.79 Å². The summed E-state index contributed by atoms with van der Waals surface area (Å²) in [6.45, 7) is 4.35. The molecule has 2 heterocycles. The number of methoxy groups -OCH3 is 1. The second-order valence-electron chi connectivity index (χ2n) is 8.61. The Morgan fingerprint density at radius 1 is 1.21 bits per heavy atom. The summed E-state index contributed by atoms with van der Waals surface area (Å²) in [7, 11) is 1.37. The summed E-state index contributed by atoms with van der Waals surface area (Å²) in [6.07, 6.45) is 6.79. The average Bonchev–Trinajstić information content (AvgIpc) is 3.26. The first kappa shape index (κ1) is 19.7. The predicted molar refractivity (Wildman–Crippen MR) is 111 cm³/mol. The number of rotatable bonds is 5. The smallest absolute Gasteiger partial charge is 0.337 e. The van der Waals surface area contributed by atoms with Crippen molar-refractivity contribution in [2.75, 3.05) is 12.0 Å². The third-order valence-electron chi connectivity index (χ3n) is 6.15. The van der Waals surface area contributed by atoms with Crippen LogP contribution in [0.25, 0.3) is 0 Å². The van der Waals surface area contributed by atoms with Crippen LogP contribution in [0.4, 0.5) is 5.69 Å². The number of esters is 1. The number of hydrogen-bond acceptors (Lipinski definition) is 4. The highest BCUT2D eigenvalue weighted by molar-refractivity contribution is 6.10. The van der Waals surface area contributed by atoms with Crippen LogP contribution >= 0.6 is 0 Å². The number of amides is 1. The van der Waals surface area contributed by atoms with Crippen molar-refractivity contribution in [3.05, 3.63) is 46.8 Å². The van der Waals surface area contributed by atoms with Crippen molar-refractivity contribution in [3.8, 4) is 0 Å². The van der Waals surface area contributed by atoms with Gasteiger partial charge in [-0.2, -0.15) is 5.10 Å². The van der Waals surface area contributed by atoms with Crippen LogP contribution in [0.5, 0.6) is 0 Å². The molecule has 1 aromatic heterocycles. The highest BCUT2D eigenvalue weighted by atomic mass is 16.5. The largest absolute Gasteiger partial charge is 0.465 e. The molecular weight excluding hydrogens is 366 g/mol. The van der Waals surface area contributed by atoms with Gasteiger partial charge in [0, 0.05) is 11.3 Å². The molecule has 1 amide bonds. The van der Waals surface area contributed by atoms with Gasteiger partial charge in [-0.05, 0) is 55.4 Å². The zero-order chi connectivity index (χ0) is 20.5. The van der Waals surface area contributed by atoms with Crippen LogP contribution in [0, 0.1) is 11.8 Å². The van der Waals surface area contributed by atoms with Crippen LogP contribution in [0.1, 0.15) is 84.1 Å². The molecular formula is C23H29N3O3. The van der Waals surface area contributed by atoms with E-state index >= 15 is 0 Å². The quantitative estimate of drug-likeness (QED) is 0.746. The topological polar surface area (TPSA) is 75.3 Å². The Hall–Kier alpha value is -2.63. The Morgan fingerprint density at radius 3 is 2.52 bits per heavy atom. The summed E-state index contributed by atoms with van der Waals surface area (Å²) >= 11 is 0. The van der Waals surface area contributed by atoms with Gasteiger partial charge in [0.25, 0.3) is 5.91 Å². The van der Waals surface area contributed by atoms with Gasteiger partial charge < -0.3 is 4.74 Å². The molecule has 0 saturated heterocycles. The fraction of sp³-hybridized carbons (Fsp3) is 0.522. The molecule has 6 heteroatoms. The molecule has 2 aliphatic rings. The van der Waals surface area contributed by atoms with Gasteiger partial charge in [0.15, 0.2) is 0 Å². The molecule has 154 valence electrons. The second-order valence-corrected chi connectivity index (χ2v) is 8.61. The van der Waals surface area contributed by atoms with E-state index in [2.05, 4.69) is 24.0 Å². The first-order chi connectivity index (χ1) is 14.0. The van der Waals surface area contributed by atoms with Crippen molar-refractivity contribution >= 4 is 17.6 Å². The van der Waals surface area contributed by atoms with Crippen LogP contribution in [-0.4, -0.2) is 29.2 Å². The average molecular weight is 396 g/mol. The SMILES string of the molecule is COC(=O)c1ccc(N2C(=O)c3[nH]nc(CC(C)C)c3C2C2CCCCC2)cc1. The number of aromatic amines is 1. The number of aromatic nitrogens is 2. The van der Waals surface area contributed by atoms with E-state index in [1.54, 1.807) is 12.1 Å². The summed E-state index contributed by atoms with van der Waals surface area (Å²) < 4.78 is 4.80. The number of nitrogens with one attached hydrogen (secondary N) is 1. The molecule has 6 nitrogen and oxygen atoms in total. The highest BCUT2D eigenvalue weighted by Gasteiger charge is 2.45. The zero-order valence-electron chi connectivity index (χ0n) is 17.4. The standard InChI is InChI=1S/C23H29N3O3/c1-14(2)13-18-19-20(25-24-18)22(27)26(21(19)15-7-5-4-6-8-15)17-11-9-16(10-12-17)23(28)29-3/h9-12,14-15,21H,4-8,13H2,1-3H3,(H,24,25). The fourth-order valence-corrected chi connectivity index (χ4v) is 4.84. The number of hydrogen-bond donors (Lipinski definition) is 1. The van der Waals surface area contributed by atoms with Crippen LogP contribution in [0.15, 0.2) is 24.3 Å². The van der Waals surface area contributed by atoms with Crippen LogP contribution < -0.4 is 4.90 Å². The normalized spacial score (nSPS) is 19.7. The van der Waals surface area contributed by atoms with Gasteiger partial charge in [0.05, 0.1) is 24.4 Å². The van der Waals surface area contributed by atoms with Crippen molar-refractivity contribution < 1.29 is 14.3 Å². The number of benzene rings is 1. The maximum atomic E-state index is 13.4. The van der Waals surface area contributed by atoms with Crippen LogP contribution in [0.3, 0.4) is 0 Å². The Morgan fingerprint density at radius 2 is 1.90 bits per heavy atom. The van der Waals surface area contributed by atoms with Crippen molar-refractivity contribution in [3.63, 3.8) is 0 Å². The summed E-state index contributed by atoms with van der Waals surface area (Å²) in [4.78, 5) is 27.1. The molecule has 0 bridgehead atoms. The summed E-state index contributed by atoms with van der Waals surface area (Å²) in [5.41, 5.74) is 4.05. The van der Waals surface area contributed by atoms with E-state index in [1.165, 1.54) is 26.4 Å². The van der Waals surface area contributed by atoms with Gasteiger partial charge in [-0.1, -0.05) is 33.1 Å². The van der Waals surface area contributed by atoms with Gasteiger partial charge in [0.2, 0.25) is 0 Å². The number of nitrogens with zero attached hydrogens (tertiary/aromatic N) is 2. The minimum Gasteiger partial charge on any atom is -0.465 e. The Balaban J connectivity index is 1.74. The summed E-state index contributed by atoms with van der Waals surface area (Å²) in [5.74, 6) is 0.501. The number of anilines is 1. The first-order valence-corrected chi connectivity index (χ1v) is 10.6. The predicted octanol–water partition coefficient (Wildman–Crippen LogP) is 4.68. The minimum absolute atomic E-state index is 0.00859. The maximum absolute atomic E-state index is 13.4. The first-order valence-electron chi connectivity index (χ1n) is 10.6. The molecule has 2 aromatic rings. The summed E-state index contributed by atoms with van der Waals surface area (Å²) in [5, 5.41) is 7.55. The molecule has 1 atom stereocenters. The lowest BCUT2D eigenvalue weighted by Gasteiger charge is -2.35. The van der Waals surface area contributed by atoms with Gasteiger partial charge in [-0.15, -0.1) is 0 Å². The van der Waals surface area contributed by atoms with Gasteiger partial charge in [-0.3, -0.25) is 14.8 Å². The van der Waals surface area contributed by atoms with E-state index in [1.807, 2.05) is 17.0 Å². The van der Waals surface area contributed by atoms with E-state index < -0.39 is 0 Å². The van der Waals surface area contributed by atoms with E-state index in [4.69, 9.17) is 4.74 Å². The van der Waals surface area contributed by atoms with E-state index in [0.717, 1.165) is 36.2 Å². The summed E-state index contributed by atoms with van der Waals surface area (Å²) in [6, 6.07) is 7.16.